The quantitative estimate of drug-likeness (QED) is 0.404. The van der Waals surface area contributed by atoms with Crippen molar-refractivity contribution in [2.45, 2.75) is 20.8 Å². The third-order valence-electron chi connectivity index (χ3n) is 5.10. The maximum Gasteiger partial charge on any atom is 0.340 e. The van der Waals surface area contributed by atoms with Gasteiger partial charge in [-0.25, -0.2) is 18.0 Å². The van der Waals surface area contributed by atoms with Crippen molar-refractivity contribution in [1.29, 1.82) is 0 Å². The van der Waals surface area contributed by atoms with E-state index in [4.69, 9.17) is 4.74 Å². The predicted octanol–water partition coefficient (Wildman–Crippen LogP) is 3.73. The van der Waals surface area contributed by atoms with Crippen molar-refractivity contribution < 1.29 is 32.3 Å². The number of benzene rings is 2. The van der Waals surface area contributed by atoms with Gasteiger partial charge in [-0.3, -0.25) is 9.59 Å². The number of nitrogens with one attached hydrogen (secondary N) is 2. The lowest BCUT2D eigenvalue weighted by atomic mass is 10.2. The van der Waals surface area contributed by atoms with Gasteiger partial charge in [0.25, 0.3) is 5.91 Å². The van der Waals surface area contributed by atoms with Crippen molar-refractivity contribution >= 4 is 23.5 Å². The first kappa shape index (κ1) is 24.6. The second-order valence-corrected chi connectivity index (χ2v) is 7.53. The van der Waals surface area contributed by atoms with Gasteiger partial charge >= 0.3 is 5.97 Å². The van der Waals surface area contributed by atoms with Crippen molar-refractivity contribution in [3.05, 3.63) is 82.4 Å². The number of amides is 2. The normalized spacial score (nSPS) is 10.6. The lowest BCUT2D eigenvalue weighted by Crippen LogP contribution is -2.35. The Hall–Kier alpha value is -4.08. The number of halogens is 3. The molecule has 7 nitrogen and oxygen atoms in total. The fourth-order valence-electron chi connectivity index (χ4n) is 3.41. The average Bonchev–Trinajstić information content (AvgIpc) is 3.10. The lowest BCUT2D eigenvalue weighted by Gasteiger charge is -2.12. The molecule has 0 aliphatic rings. The van der Waals surface area contributed by atoms with E-state index < -0.39 is 54.1 Å². The van der Waals surface area contributed by atoms with Crippen LogP contribution in [0.2, 0.25) is 0 Å². The third-order valence-corrected chi connectivity index (χ3v) is 5.10. The maximum absolute atomic E-state index is 13.6. The van der Waals surface area contributed by atoms with Crippen molar-refractivity contribution in [3.8, 4) is 5.69 Å². The Bertz CT molecular complexity index is 1270. The number of nitrogens with zero attached hydrogens (tertiary/aromatic N) is 1. The molecule has 0 bridgehead atoms. The number of carbonyl (C=O) groups is 3. The minimum Gasteiger partial charge on any atom is -0.452 e. The van der Waals surface area contributed by atoms with Crippen molar-refractivity contribution in [2.75, 3.05) is 18.5 Å². The van der Waals surface area contributed by atoms with Crippen LogP contribution in [0.3, 0.4) is 0 Å². The molecule has 2 aromatic carbocycles. The van der Waals surface area contributed by atoms with Crippen LogP contribution in [0.1, 0.15) is 27.3 Å². The van der Waals surface area contributed by atoms with E-state index in [1.807, 2.05) is 48.0 Å². The second kappa shape index (κ2) is 10.2. The van der Waals surface area contributed by atoms with Crippen LogP contribution in [0, 0.1) is 38.2 Å². The summed E-state index contributed by atoms with van der Waals surface area (Å²) in [6.45, 7) is 4.30. The molecule has 3 aromatic rings. The summed E-state index contributed by atoms with van der Waals surface area (Å²) in [7, 11) is 0. The number of anilines is 1. The molecule has 2 N–H and O–H groups in total. The number of hydrogen-bond acceptors (Lipinski definition) is 4. The molecule has 0 aliphatic heterocycles. The van der Waals surface area contributed by atoms with Crippen LogP contribution in [0.15, 0.2) is 42.5 Å². The molecule has 3 rings (SSSR count). The van der Waals surface area contributed by atoms with E-state index >= 15 is 0 Å². The van der Waals surface area contributed by atoms with Crippen LogP contribution in [-0.2, 0) is 14.3 Å². The second-order valence-electron chi connectivity index (χ2n) is 7.53. The van der Waals surface area contributed by atoms with E-state index in [1.165, 1.54) is 0 Å². The van der Waals surface area contributed by atoms with Gasteiger partial charge in [0, 0.05) is 17.1 Å². The van der Waals surface area contributed by atoms with E-state index in [-0.39, 0.29) is 0 Å². The van der Waals surface area contributed by atoms with E-state index in [1.54, 1.807) is 13.0 Å². The Morgan fingerprint density at radius 1 is 0.941 bits per heavy atom. The smallest absolute Gasteiger partial charge is 0.340 e. The molecule has 0 atom stereocenters. The highest BCUT2D eigenvalue weighted by Gasteiger charge is 2.20. The topological polar surface area (TPSA) is 89.4 Å². The average molecular weight is 473 g/mol. The molecule has 0 unspecified atom stereocenters. The van der Waals surface area contributed by atoms with Crippen molar-refractivity contribution in [2.24, 2.45) is 0 Å². The summed E-state index contributed by atoms with van der Waals surface area (Å²) < 4.78 is 46.7. The zero-order valence-electron chi connectivity index (χ0n) is 18.7. The van der Waals surface area contributed by atoms with Gasteiger partial charge in [0.2, 0.25) is 5.91 Å². The zero-order chi connectivity index (χ0) is 25.0. The molecule has 2 amide bonds. The lowest BCUT2D eigenvalue weighted by molar-refractivity contribution is -0.126. The largest absolute Gasteiger partial charge is 0.452 e. The SMILES string of the molecule is Cc1ccccc1-n1c(C)cc(C(=O)OCC(=O)NCC(=O)Nc2ccc(F)c(F)c2F)c1C. The number of esters is 1. The van der Waals surface area contributed by atoms with Gasteiger partial charge < -0.3 is 19.9 Å². The summed E-state index contributed by atoms with van der Waals surface area (Å²) in [5.74, 6) is -7.05. The number of aromatic nitrogens is 1. The van der Waals surface area contributed by atoms with Crippen LogP contribution in [0.25, 0.3) is 5.69 Å². The monoisotopic (exact) mass is 473 g/mol. The molecular weight excluding hydrogens is 451 g/mol. The van der Waals surface area contributed by atoms with Crippen LogP contribution < -0.4 is 10.6 Å². The molecule has 0 saturated carbocycles. The summed E-state index contributed by atoms with van der Waals surface area (Å²) in [6.07, 6.45) is 0. The summed E-state index contributed by atoms with van der Waals surface area (Å²) in [5, 5.41) is 4.21. The van der Waals surface area contributed by atoms with Crippen molar-refractivity contribution in [3.63, 3.8) is 0 Å². The Morgan fingerprint density at radius 2 is 1.65 bits per heavy atom. The van der Waals surface area contributed by atoms with Crippen LogP contribution in [0.5, 0.6) is 0 Å². The number of para-hydroxylation sites is 1. The number of carbonyl (C=O) groups excluding carboxylic acids is 3. The Morgan fingerprint density at radius 3 is 2.35 bits per heavy atom. The Labute approximate surface area is 193 Å². The first-order chi connectivity index (χ1) is 16.1. The van der Waals surface area contributed by atoms with Crippen molar-refractivity contribution in [1.82, 2.24) is 9.88 Å². The number of ether oxygens (including phenoxy) is 1. The van der Waals surface area contributed by atoms with Crippen LogP contribution in [0.4, 0.5) is 18.9 Å². The van der Waals surface area contributed by atoms with E-state index in [0.29, 0.717) is 17.3 Å². The standard InChI is InChI=1S/C24H22F3N3O4/c1-13-6-4-5-7-19(13)30-14(2)10-16(15(30)3)24(33)34-12-21(32)28-11-20(31)29-18-9-8-17(25)22(26)23(18)27/h4-10H,11-12H2,1-3H3,(H,28,32)(H,29,31). The fourth-order valence-corrected chi connectivity index (χ4v) is 3.41. The van der Waals surface area contributed by atoms with Gasteiger partial charge in [-0.15, -0.1) is 0 Å². The molecule has 34 heavy (non-hydrogen) atoms. The first-order valence-electron chi connectivity index (χ1n) is 10.2. The molecule has 1 aromatic heterocycles. The highest BCUT2D eigenvalue weighted by molar-refractivity contribution is 5.96. The number of rotatable bonds is 7. The highest BCUT2D eigenvalue weighted by Crippen LogP contribution is 2.24. The molecule has 0 aliphatic carbocycles. The fraction of sp³-hybridized carbons (Fsp3) is 0.208. The van der Waals surface area contributed by atoms with Gasteiger partial charge in [0.1, 0.15) is 0 Å². The van der Waals surface area contributed by atoms with Crippen LogP contribution >= 0.6 is 0 Å². The highest BCUT2D eigenvalue weighted by atomic mass is 19.2. The third kappa shape index (κ3) is 5.28. The summed E-state index contributed by atoms with van der Waals surface area (Å²) in [4.78, 5) is 36.3. The van der Waals surface area contributed by atoms with E-state index in [9.17, 15) is 27.6 Å². The molecule has 0 spiro atoms. The first-order valence-corrected chi connectivity index (χ1v) is 10.2. The molecule has 10 heteroatoms. The Balaban J connectivity index is 1.55. The van der Waals surface area contributed by atoms with E-state index in [0.717, 1.165) is 23.0 Å². The summed E-state index contributed by atoms with van der Waals surface area (Å²) in [5.41, 5.74) is 3.10. The molecule has 1 heterocycles. The molecule has 0 saturated heterocycles. The predicted molar refractivity (Wildman–Crippen MR) is 118 cm³/mol. The molecule has 0 fully saturated rings. The van der Waals surface area contributed by atoms with Gasteiger partial charge in [0.15, 0.2) is 24.1 Å². The maximum atomic E-state index is 13.6. The zero-order valence-corrected chi connectivity index (χ0v) is 18.7. The number of hydrogen-bond donors (Lipinski definition) is 2. The molecular formula is C24H22F3N3O4. The van der Waals surface area contributed by atoms with Gasteiger partial charge in [-0.2, -0.15) is 0 Å². The number of aryl methyl sites for hydroxylation is 2. The summed E-state index contributed by atoms with van der Waals surface area (Å²) >= 11 is 0. The minimum atomic E-state index is -1.73. The van der Waals surface area contributed by atoms with Gasteiger partial charge in [-0.1, -0.05) is 18.2 Å². The molecule has 178 valence electrons. The molecule has 0 radical (unpaired) electrons. The van der Waals surface area contributed by atoms with Gasteiger partial charge in [-0.05, 0) is 50.6 Å². The summed E-state index contributed by atoms with van der Waals surface area (Å²) in [6, 6.07) is 10.8. The van der Waals surface area contributed by atoms with Crippen LogP contribution in [-0.4, -0.2) is 35.5 Å². The minimum absolute atomic E-state index is 0.292. The van der Waals surface area contributed by atoms with Gasteiger partial charge in [0.05, 0.1) is 17.8 Å². The Kier molecular flexibility index (Phi) is 7.40. The van der Waals surface area contributed by atoms with E-state index in [2.05, 4.69) is 5.32 Å².